The zero-order valence-electron chi connectivity index (χ0n) is 13.5. The smallest absolute Gasteiger partial charge is 0.339 e. The highest BCUT2D eigenvalue weighted by molar-refractivity contribution is 6.01. The van der Waals surface area contributed by atoms with E-state index in [1.807, 2.05) is 18.2 Å². The maximum absolute atomic E-state index is 12.4. The molecule has 124 valence electrons. The molecular weight excluding hydrogens is 306 g/mol. The molecule has 1 amide bonds. The van der Waals surface area contributed by atoms with Gasteiger partial charge in [0, 0.05) is 0 Å². The van der Waals surface area contributed by atoms with E-state index in [1.165, 1.54) is 12.7 Å². The maximum Gasteiger partial charge on any atom is 0.339 e. The van der Waals surface area contributed by atoms with E-state index in [0.29, 0.717) is 17.9 Å². The number of anilines is 1. The number of para-hydroxylation sites is 1. The van der Waals surface area contributed by atoms with Crippen LogP contribution in [0.1, 0.15) is 34.0 Å². The standard InChI is InChI=1S/C19H19NO4/c1-23-19(22)15-8-4-5-9-16(15)20-18(21)12-17-14-7-3-2-6-13(14)10-11-24-17/h2-9,17H,10-12H2,1H3,(H,20,21). The maximum atomic E-state index is 12.4. The van der Waals surface area contributed by atoms with Gasteiger partial charge in [-0.2, -0.15) is 0 Å². The number of benzene rings is 2. The molecular formula is C19H19NO4. The second-order valence-electron chi connectivity index (χ2n) is 5.60. The number of methoxy groups -OCH3 is 1. The van der Waals surface area contributed by atoms with Crippen molar-refractivity contribution in [2.24, 2.45) is 0 Å². The zero-order valence-corrected chi connectivity index (χ0v) is 13.5. The number of fused-ring (bicyclic) bond motifs is 1. The molecule has 0 saturated heterocycles. The number of carbonyl (C=O) groups is 2. The van der Waals surface area contributed by atoms with E-state index < -0.39 is 5.97 Å². The number of hydrogen-bond acceptors (Lipinski definition) is 4. The summed E-state index contributed by atoms with van der Waals surface area (Å²) in [4.78, 5) is 24.2. The molecule has 1 heterocycles. The molecule has 5 heteroatoms. The van der Waals surface area contributed by atoms with Gasteiger partial charge in [-0.1, -0.05) is 36.4 Å². The van der Waals surface area contributed by atoms with E-state index in [4.69, 9.17) is 9.47 Å². The van der Waals surface area contributed by atoms with Gasteiger partial charge in [-0.25, -0.2) is 4.79 Å². The van der Waals surface area contributed by atoms with Crippen molar-refractivity contribution < 1.29 is 19.1 Å². The molecule has 0 aliphatic carbocycles. The lowest BCUT2D eigenvalue weighted by atomic mass is 9.95. The van der Waals surface area contributed by atoms with Crippen LogP contribution in [0.25, 0.3) is 0 Å². The Labute approximate surface area is 140 Å². The van der Waals surface area contributed by atoms with Crippen molar-refractivity contribution in [1.82, 2.24) is 0 Å². The zero-order chi connectivity index (χ0) is 16.9. The minimum atomic E-state index is -0.481. The average Bonchev–Trinajstić information content (AvgIpc) is 2.62. The number of esters is 1. The minimum absolute atomic E-state index is 0.201. The first-order valence-electron chi connectivity index (χ1n) is 7.85. The van der Waals surface area contributed by atoms with Crippen molar-refractivity contribution in [3.05, 3.63) is 65.2 Å². The molecule has 1 aliphatic heterocycles. The van der Waals surface area contributed by atoms with Crippen molar-refractivity contribution in [2.45, 2.75) is 18.9 Å². The van der Waals surface area contributed by atoms with E-state index in [9.17, 15) is 9.59 Å². The topological polar surface area (TPSA) is 64.6 Å². The quantitative estimate of drug-likeness (QED) is 0.877. The lowest BCUT2D eigenvalue weighted by Crippen LogP contribution is -2.23. The van der Waals surface area contributed by atoms with Crippen molar-refractivity contribution in [3.8, 4) is 0 Å². The Kier molecular flexibility index (Phi) is 4.91. The Hall–Kier alpha value is -2.66. The third-order valence-electron chi connectivity index (χ3n) is 4.07. The number of carbonyl (C=O) groups excluding carboxylic acids is 2. The first kappa shape index (κ1) is 16.2. The predicted octanol–water partition coefficient (Wildman–Crippen LogP) is 3.12. The Bertz CT molecular complexity index is 757. The summed E-state index contributed by atoms with van der Waals surface area (Å²) in [6.45, 7) is 0.605. The van der Waals surface area contributed by atoms with Crippen molar-refractivity contribution >= 4 is 17.6 Å². The van der Waals surface area contributed by atoms with Gasteiger partial charge in [0.25, 0.3) is 0 Å². The van der Waals surface area contributed by atoms with Crippen LogP contribution in [0.3, 0.4) is 0 Å². The van der Waals surface area contributed by atoms with E-state index >= 15 is 0 Å². The summed E-state index contributed by atoms with van der Waals surface area (Å²) < 4.78 is 10.5. The summed E-state index contributed by atoms with van der Waals surface area (Å²) in [7, 11) is 1.31. The fraction of sp³-hybridized carbons (Fsp3) is 0.263. The van der Waals surface area contributed by atoms with E-state index in [-0.39, 0.29) is 18.4 Å². The molecule has 2 aromatic rings. The Morgan fingerprint density at radius 2 is 1.92 bits per heavy atom. The summed E-state index contributed by atoms with van der Waals surface area (Å²) in [5.41, 5.74) is 3.05. The van der Waals surface area contributed by atoms with Crippen molar-refractivity contribution in [2.75, 3.05) is 19.0 Å². The molecule has 1 atom stereocenters. The summed E-state index contributed by atoms with van der Waals surface area (Å²) in [6, 6.07) is 14.8. The number of rotatable bonds is 4. The third kappa shape index (κ3) is 3.46. The van der Waals surface area contributed by atoms with Gasteiger partial charge >= 0.3 is 5.97 Å². The summed E-state index contributed by atoms with van der Waals surface area (Å²) in [6.07, 6.45) is 0.798. The van der Waals surface area contributed by atoms with Crippen LogP contribution < -0.4 is 5.32 Å². The summed E-state index contributed by atoms with van der Waals surface area (Å²) >= 11 is 0. The van der Waals surface area contributed by atoms with Gasteiger partial charge in [0.1, 0.15) is 0 Å². The van der Waals surface area contributed by atoms with Crippen LogP contribution >= 0.6 is 0 Å². The lowest BCUT2D eigenvalue weighted by molar-refractivity contribution is -0.119. The Balaban J connectivity index is 1.73. The molecule has 0 saturated carbocycles. The van der Waals surface area contributed by atoms with Crippen LogP contribution in [0.2, 0.25) is 0 Å². The molecule has 5 nitrogen and oxygen atoms in total. The third-order valence-corrected chi connectivity index (χ3v) is 4.07. The van der Waals surface area contributed by atoms with Gasteiger partial charge in [0.05, 0.1) is 37.5 Å². The summed E-state index contributed by atoms with van der Waals surface area (Å²) in [5, 5.41) is 2.78. The van der Waals surface area contributed by atoms with E-state index in [2.05, 4.69) is 11.4 Å². The molecule has 2 aromatic carbocycles. The van der Waals surface area contributed by atoms with Gasteiger partial charge in [0.2, 0.25) is 5.91 Å². The van der Waals surface area contributed by atoms with E-state index in [1.54, 1.807) is 24.3 Å². The number of hydrogen-bond donors (Lipinski definition) is 1. The molecule has 0 bridgehead atoms. The van der Waals surface area contributed by atoms with Gasteiger partial charge < -0.3 is 14.8 Å². The lowest BCUT2D eigenvalue weighted by Gasteiger charge is -2.25. The predicted molar refractivity (Wildman–Crippen MR) is 89.9 cm³/mol. The molecule has 0 fully saturated rings. The number of amides is 1. The second kappa shape index (κ2) is 7.27. The average molecular weight is 325 g/mol. The van der Waals surface area contributed by atoms with Gasteiger partial charge in [-0.15, -0.1) is 0 Å². The van der Waals surface area contributed by atoms with Crippen LogP contribution in [-0.4, -0.2) is 25.6 Å². The van der Waals surface area contributed by atoms with Crippen LogP contribution in [0, 0.1) is 0 Å². The normalized spacial score (nSPS) is 16.1. The molecule has 0 spiro atoms. The highest BCUT2D eigenvalue weighted by Crippen LogP contribution is 2.30. The van der Waals surface area contributed by atoms with Gasteiger partial charge in [-0.05, 0) is 29.7 Å². The highest BCUT2D eigenvalue weighted by Gasteiger charge is 2.23. The van der Waals surface area contributed by atoms with Crippen molar-refractivity contribution in [3.63, 3.8) is 0 Å². The number of ether oxygens (including phenoxy) is 2. The van der Waals surface area contributed by atoms with Crippen LogP contribution in [0.15, 0.2) is 48.5 Å². The number of nitrogens with one attached hydrogen (secondary N) is 1. The highest BCUT2D eigenvalue weighted by atomic mass is 16.5. The first-order chi connectivity index (χ1) is 11.7. The minimum Gasteiger partial charge on any atom is -0.465 e. The Morgan fingerprint density at radius 3 is 2.75 bits per heavy atom. The molecule has 1 N–H and O–H groups in total. The monoisotopic (exact) mass is 325 g/mol. The van der Waals surface area contributed by atoms with Gasteiger partial charge in [-0.3, -0.25) is 4.79 Å². The fourth-order valence-electron chi connectivity index (χ4n) is 2.90. The van der Waals surface area contributed by atoms with Crippen LogP contribution in [-0.2, 0) is 20.7 Å². The fourth-order valence-corrected chi connectivity index (χ4v) is 2.90. The molecule has 0 radical (unpaired) electrons. The first-order valence-corrected chi connectivity index (χ1v) is 7.85. The molecule has 3 rings (SSSR count). The molecule has 24 heavy (non-hydrogen) atoms. The van der Waals surface area contributed by atoms with Crippen molar-refractivity contribution in [1.29, 1.82) is 0 Å². The molecule has 0 aromatic heterocycles. The van der Waals surface area contributed by atoms with Crippen LogP contribution in [0.5, 0.6) is 0 Å². The Morgan fingerprint density at radius 1 is 1.17 bits per heavy atom. The van der Waals surface area contributed by atoms with Crippen LogP contribution in [0.4, 0.5) is 5.69 Å². The summed E-state index contributed by atoms with van der Waals surface area (Å²) in [5.74, 6) is -0.682. The molecule has 1 unspecified atom stereocenters. The largest absolute Gasteiger partial charge is 0.465 e. The van der Waals surface area contributed by atoms with E-state index in [0.717, 1.165) is 12.0 Å². The SMILES string of the molecule is COC(=O)c1ccccc1NC(=O)CC1OCCc2ccccc21. The van der Waals surface area contributed by atoms with Gasteiger partial charge in [0.15, 0.2) is 0 Å². The second-order valence-corrected chi connectivity index (χ2v) is 5.60. The molecule has 1 aliphatic rings.